The Bertz CT molecular complexity index is 1070. The molecule has 29 heavy (non-hydrogen) atoms. The van der Waals surface area contributed by atoms with Crippen LogP contribution in [-0.4, -0.2) is 46.2 Å². The quantitative estimate of drug-likeness (QED) is 0.488. The van der Waals surface area contributed by atoms with Crippen LogP contribution in [0.4, 0.5) is 5.69 Å². The van der Waals surface area contributed by atoms with Crippen LogP contribution in [0, 0.1) is 0 Å². The standard InChI is InChI=1S/C20H20ClNO6S/c1-3-29(25,26)22-9-8-13-10-14(4-6-17(13)22)18(23)12-28-20(24)16-11-15(21)5-7-19(16)27-2/h4-7,10-11H,3,8-9,12H2,1-2H3. The zero-order chi connectivity index (χ0) is 21.2. The van der Waals surface area contributed by atoms with Gasteiger partial charge < -0.3 is 9.47 Å². The van der Waals surface area contributed by atoms with E-state index in [0.29, 0.717) is 35.0 Å². The fourth-order valence-corrected chi connectivity index (χ4v) is 4.45. The highest BCUT2D eigenvalue weighted by atomic mass is 35.5. The summed E-state index contributed by atoms with van der Waals surface area (Å²) >= 11 is 5.91. The SMILES string of the molecule is CCS(=O)(=O)N1CCc2cc(C(=O)COC(=O)c3cc(Cl)ccc3OC)ccc21. The fraction of sp³-hybridized carbons (Fsp3) is 0.300. The van der Waals surface area contributed by atoms with Gasteiger partial charge >= 0.3 is 5.97 Å². The molecule has 0 amide bonds. The molecule has 0 N–H and O–H groups in total. The van der Waals surface area contributed by atoms with Crippen molar-refractivity contribution in [2.45, 2.75) is 13.3 Å². The number of Topliss-reactive ketones (excluding diaryl/α,β-unsaturated/α-hetero) is 1. The van der Waals surface area contributed by atoms with Gasteiger partial charge in [-0.2, -0.15) is 0 Å². The van der Waals surface area contributed by atoms with Crippen LogP contribution in [0.25, 0.3) is 0 Å². The minimum Gasteiger partial charge on any atom is -0.496 e. The summed E-state index contributed by atoms with van der Waals surface area (Å²) in [5, 5.41) is 0.342. The summed E-state index contributed by atoms with van der Waals surface area (Å²) in [5.41, 5.74) is 1.84. The van der Waals surface area contributed by atoms with Gasteiger partial charge in [0.15, 0.2) is 12.4 Å². The summed E-state index contributed by atoms with van der Waals surface area (Å²) in [6.45, 7) is 1.49. The zero-order valence-electron chi connectivity index (χ0n) is 16.0. The summed E-state index contributed by atoms with van der Waals surface area (Å²) in [5.74, 6) is -0.810. The van der Waals surface area contributed by atoms with Crippen molar-refractivity contribution in [1.82, 2.24) is 0 Å². The van der Waals surface area contributed by atoms with E-state index in [4.69, 9.17) is 21.1 Å². The first-order valence-corrected chi connectivity index (χ1v) is 10.9. The van der Waals surface area contributed by atoms with Crippen molar-refractivity contribution in [1.29, 1.82) is 0 Å². The molecule has 2 aromatic carbocycles. The van der Waals surface area contributed by atoms with E-state index in [1.807, 2.05) is 0 Å². The molecule has 0 aliphatic carbocycles. The number of anilines is 1. The number of rotatable bonds is 7. The lowest BCUT2D eigenvalue weighted by molar-refractivity contribution is 0.0471. The molecule has 0 saturated heterocycles. The molecule has 0 fully saturated rings. The topological polar surface area (TPSA) is 90.0 Å². The summed E-state index contributed by atoms with van der Waals surface area (Å²) < 4.78 is 35.9. The number of benzene rings is 2. The molecular formula is C20H20ClNO6S. The number of nitrogens with zero attached hydrogens (tertiary/aromatic N) is 1. The number of hydrogen-bond donors (Lipinski definition) is 0. The Hall–Kier alpha value is -2.58. The smallest absolute Gasteiger partial charge is 0.342 e. The Balaban J connectivity index is 1.71. The molecular weight excluding hydrogens is 418 g/mol. The molecule has 0 radical (unpaired) electrons. The van der Waals surface area contributed by atoms with Crippen LogP contribution in [-0.2, 0) is 21.2 Å². The van der Waals surface area contributed by atoms with Crippen molar-refractivity contribution < 1.29 is 27.5 Å². The molecule has 0 aromatic heterocycles. The molecule has 2 aromatic rings. The van der Waals surface area contributed by atoms with Crippen molar-refractivity contribution in [3.05, 3.63) is 58.1 Å². The third-order valence-corrected chi connectivity index (χ3v) is 6.69. The molecule has 9 heteroatoms. The lowest BCUT2D eigenvalue weighted by Gasteiger charge is -2.18. The first-order valence-electron chi connectivity index (χ1n) is 8.94. The second-order valence-corrected chi connectivity index (χ2v) is 9.03. The second kappa shape index (κ2) is 8.42. The fourth-order valence-electron chi connectivity index (χ4n) is 3.12. The molecule has 0 unspecified atom stereocenters. The van der Waals surface area contributed by atoms with Gasteiger partial charge in [-0.15, -0.1) is 0 Å². The van der Waals surface area contributed by atoms with Gasteiger partial charge in [0.25, 0.3) is 0 Å². The van der Waals surface area contributed by atoms with Crippen LogP contribution in [0.5, 0.6) is 5.75 Å². The summed E-state index contributed by atoms with van der Waals surface area (Å²) in [6.07, 6.45) is 0.523. The molecule has 1 aliphatic rings. The summed E-state index contributed by atoms with van der Waals surface area (Å²) in [7, 11) is -1.94. The van der Waals surface area contributed by atoms with Gasteiger partial charge in [0, 0.05) is 17.1 Å². The molecule has 0 atom stereocenters. The van der Waals surface area contributed by atoms with Crippen LogP contribution in [0.1, 0.15) is 33.2 Å². The van der Waals surface area contributed by atoms with Gasteiger partial charge in [-0.1, -0.05) is 11.6 Å². The van der Waals surface area contributed by atoms with Gasteiger partial charge in [0.2, 0.25) is 10.0 Å². The highest BCUT2D eigenvalue weighted by molar-refractivity contribution is 7.92. The predicted octanol–water partition coefficient (Wildman–Crippen LogP) is 3.10. The Labute approximate surface area is 174 Å². The maximum atomic E-state index is 12.5. The van der Waals surface area contributed by atoms with Gasteiger partial charge in [-0.25, -0.2) is 13.2 Å². The number of carbonyl (C=O) groups is 2. The second-order valence-electron chi connectivity index (χ2n) is 6.41. The third kappa shape index (κ3) is 4.38. The number of hydrogen-bond acceptors (Lipinski definition) is 6. The third-order valence-electron chi connectivity index (χ3n) is 4.67. The van der Waals surface area contributed by atoms with Crippen LogP contribution in [0.15, 0.2) is 36.4 Å². The Morgan fingerprint density at radius 1 is 1.17 bits per heavy atom. The van der Waals surface area contributed by atoms with E-state index >= 15 is 0 Å². The molecule has 7 nitrogen and oxygen atoms in total. The predicted molar refractivity (Wildman–Crippen MR) is 110 cm³/mol. The average Bonchev–Trinajstić information content (AvgIpc) is 3.15. The van der Waals surface area contributed by atoms with E-state index < -0.39 is 22.6 Å². The molecule has 1 aliphatic heterocycles. The summed E-state index contributed by atoms with van der Waals surface area (Å²) in [6, 6.07) is 9.33. The monoisotopic (exact) mass is 437 g/mol. The lowest BCUT2D eigenvalue weighted by atomic mass is 10.1. The maximum Gasteiger partial charge on any atom is 0.342 e. The molecule has 0 saturated carbocycles. The number of esters is 1. The molecule has 0 bridgehead atoms. The largest absolute Gasteiger partial charge is 0.496 e. The lowest BCUT2D eigenvalue weighted by Crippen LogP contribution is -2.30. The normalized spacial score (nSPS) is 13.1. The Morgan fingerprint density at radius 3 is 2.62 bits per heavy atom. The van der Waals surface area contributed by atoms with Crippen LogP contribution in [0.2, 0.25) is 5.02 Å². The Kier molecular flexibility index (Phi) is 6.14. The van der Waals surface area contributed by atoms with E-state index in [0.717, 1.165) is 5.56 Å². The van der Waals surface area contributed by atoms with Crippen molar-refractivity contribution in [2.75, 3.05) is 30.3 Å². The number of fused-ring (bicyclic) bond motifs is 1. The van der Waals surface area contributed by atoms with Crippen molar-refractivity contribution in [3.8, 4) is 5.75 Å². The molecule has 154 valence electrons. The van der Waals surface area contributed by atoms with E-state index in [1.165, 1.54) is 23.5 Å². The average molecular weight is 438 g/mol. The van der Waals surface area contributed by atoms with Crippen molar-refractivity contribution in [2.24, 2.45) is 0 Å². The first kappa shape index (κ1) is 21.1. The number of methoxy groups -OCH3 is 1. The molecule has 3 rings (SSSR count). The van der Waals surface area contributed by atoms with E-state index in [2.05, 4.69) is 0 Å². The molecule has 0 spiro atoms. The van der Waals surface area contributed by atoms with E-state index in [1.54, 1.807) is 31.2 Å². The van der Waals surface area contributed by atoms with Crippen LogP contribution < -0.4 is 9.04 Å². The summed E-state index contributed by atoms with van der Waals surface area (Å²) in [4.78, 5) is 24.8. The number of carbonyl (C=O) groups excluding carboxylic acids is 2. The number of sulfonamides is 1. The first-order chi connectivity index (χ1) is 13.8. The highest BCUT2D eigenvalue weighted by Crippen LogP contribution is 2.31. The van der Waals surface area contributed by atoms with E-state index in [9.17, 15) is 18.0 Å². The number of ketones is 1. The van der Waals surface area contributed by atoms with Crippen molar-refractivity contribution >= 4 is 39.1 Å². The van der Waals surface area contributed by atoms with Crippen LogP contribution in [0.3, 0.4) is 0 Å². The van der Waals surface area contributed by atoms with Crippen molar-refractivity contribution in [3.63, 3.8) is 0 Å². The van der Waals surface area contributed by atoms with Gasteiger partial charge in [0.1, 0.15) is 11.3 Å². The van der Waals surface area contributed by atoms with E-state index in [-0.39, 0.29) is 17.1 Å². The highest BCUT2D eigenvalue weighted by Gasteiger charge is 2.28. The van der Waals surface area contributed by atoms with Gasteiger partial charge in [0.05, 0.1) is 18.6 Å². The maximum absolute atomic E-state index is 12.5. The number of halogens is 1. The minimum atomic E-state index is -3.35. The number of ether oxygens (including phenoxy) is 2. The van der Waals surface area contributed by atoms with Crippen LogP contribution >= 0.6 is 11.6 Å². The molecule has 1 heterocycles. The Morgan fingerprint density at radius 2 is 1.93 bits per heavy atom. The minimum absolute atomic E-state index is 0.00996. The van der Waals surface area contributed by atoms with Gasteiger partial charge in [-0.05, 0) is 55.3 Å². The van der Waals surface area contributed by atoms with Gasteiger partial charge in [-0.3, -0.25) is 9.10 Å². The zero-order valence-corrected chi connectivity index (χ0v) is 17.5.